The zero-order valence-electron chi connectivity index (χ0n) is 11.8. The maximum absolute atomic E-state index is 13.6. The van der Waals surface area contributed by atoms with Crippen molar-refractivity contribution in [1.82, 2.24) is 5.32 Å². The first-order valence-corrected chi connectivity index (χ1v) is 7.73. The maximum atomic E-state index is 13.6. The summed E-state index contributed by atoms with van der Waals surface area (Å²) in [5, 5.41) is 13.2. The smallest absolute Gasteiger partial charge is 0.412 e. The fourth-order valence-corrected chi connectivity index (χ4v) is 4.04. The summed E-state index contributed by atoms with van der Waals surface area (Å²) in [6, 6.07) is 5.26. The first-order valence-electron chi connectivity index (χ1n) is 7.73. The third-order valence-electron chi connectivity index (χ3n) is 5.08. The lowest BCUT2D eigenvalue weighted by molar-refractivity contribution is 0.191. The second-order valence-corrected chi connectivity index (χ2v) is 6.44. The Labute approximate surface area is 122 Å². The standard InChI is InChI=1S/C16H19FN2O2/c17-9-4-7-12-14(8-9)19(16(20)21)13-3-1-2-11(13)15(12)18-10-5-6-10/h4,7-8,10-11,13,15,18H,1-3,5-6H2,(H,20,21)/t11-,13+,15?/m0/s1. The molecule has 1 heterocycles. The number of fused-ring (bicyclic) bond motifs is 2. The van der Waals surface area contributed by atoms with E-state index in [1.54, 1.807) is 6.07 Å². The lowest BCUT2D eigenvalue weighted by Gasteiger charge is -2.42. The molecule has 0 aromatic heterocycles. The van der Waals surface area contributed by atoms with Crippen molar-refractivity contribution in [2.24, 2.45) is 5.92 Å². The number of amides is 1. The molecule has 5 heteroatoms. The van der Waals surface area contributed by atoms with Crippen molar-refractivity contribution in [2.75, 3.05) is 4.90 Å². The van der Waals surface area contributed by atoms with E-state index >= 15 is 0 Å². The van der Waals surface area contributed by atoms with Crippen LogP contribution in [0.25, 0.3) is 0 Å². The minimum absolute atomic E-state index is 0.0203. The summed E-state index contributed by atoms with van der Waals surface area (Å²) in [6.07, 6.45) is 4.35. The van der Waals surface area contributed by atoms with Crippen LogP contribution in [0.4, 0.5) is 14.9 Å². The monoisotopic (exact) mass is 290 g/mol. The van der Waals surface area contributed by atoms with Gasteiger partial charge in [-0.25, -0.2) is 9.18 Å². The molecule has 2 aliphatic carbocycles. The molecule has 2 saturated carbocycles. The van der Waals surface area contributed by atoms with E-state index in [1.165, 1.54) is 29.9 Å². The molecule has 1 aliphatic heterocycles. The van der Waals surface area contributed by atoms with Crippen molar-refractivity contribution < 1.29 is 14.3 Å². The fourth-order valence-electron chi connectivity index (χ4n) is 4.04. The van der Waals surface area contributed by atoms with Gasteiger partial charge in [0.1, 0.15) is 5.82 Å². The minimum Gasteiger partial charge on any atom is -0.465 e. The van der Waals surface area contributed by atoms with Gasteiger partial charge < -0.3 is 10.4 Å². The summed E-state index contributed by atoms with van der Waals surface area (Å²) >= 11 is 0. The Morgan fingerprint density at radius 2 is 2.10 bits per heavy atom. The van der Waals surface area contributed by atoms with Crippen LogP contribution in [0.15, 0.2) is 18.2 Å². The number of rotatable bonds is 2. The average Bonchev–Trinajstić information content (AvgIpc) is 3.13. The zero-order valence-corrected chi connectivity index (χ0v) is 11.8. The van der Waals surface area contributed by atoms with Gasteiger partial charge in [0, 0.05) is 18.1 Å². The zero-order chi connectivity index (χ0) is 14.6. The van der Waals surface area contributed by atoms with E-state index in [1.807, 2.05) is 0 Å². The van der Waals surface area contributed by atoms with Gasteiger partial charge in [0.25, 0.3) is 0 Å². The molecule has 112 valence electrons. The van der Waals surface area contributed by atoms with E-state index in [-0.39, 0.29) is 17.9 Å². The second kappa shape index (κ2) is 4.70. The Bertz CT molecular complexity index is 588. The van der Waals surface area contributed by atoms with Crippen LogP contribution in [0.3, 0.4) is 0 Å². The Morgan fingerprint density at radius 3 is 2.81 bits per heavy atom. The Balaban J connectivity index is 1.81. The molecule has 2 fully saturated rings. The number of carbonyl (C=O) groups is 1. The summed E-state index contributed by atoms with van der Waals surface area (Å²) in [6.45, 7) is 0. The molecule has 1 unspecified atom stereocenters. The molecule has 3 atom stereocenters. The molecule has 2 N–H and O–H groups in total. The normalized spacial score (nSPS) is 30.9. The van der Waals surface area contributed by atoms with Crippen LogP contribution in [0.2, 0.25) is 0 Å². The number of nitrogens with one attached hydrogen (secondary N) is 1. The first kappa shape index (κ1) is 13.1. The largest absolute Gasteiger partial charge is 0.465 e. The molecule has 4 nitrogen and oxygen atoms in total. The summed E-state index contributed by atoms with van der Waals surface area (Å²) in [7, 11) is 0. The van der Waals surface area contributed by atoms with Crippen molar-refractivity contribution in [3.8, 4) is 0 Å². The van der Waals surface area contributed by atoms with Crippen LogP contribution in [0, 0.1) is 11.7 Å². The van der Waals surface area contributed by atoms with Crippen LogP contribution in [-0.2, 0) is 0 Å². The molecular weight excluding hydrogens is 271 g/mol. The quantitative estimate of drug-likeness (QED) is 0.879. The third kappa shape index (κ3) is 2.11. The van der Waals surface area contributed by atoms with Gasteiger partial charge in [-0.3, -0.25) is 4.90 Å². The topological polar surface area (TPSA) is 52.6 Å². The third-order valence-corrected chi connectivity index (χ3v) is 5.08. The van der Waals surface area contributed by atoms with E-state index in [9.17, 15) is 14.3 Å². The molecule has 1 amide bonds. The van der Waals surface area contributed by atoms with Gasteiger partial charge in [0.15, 0.2) is 0 Å². The van der Waals surface area contributed by atoms with Crippen molar-refractivity contribution in [3.05, 3.63) is 29.6 Å². The molecule has 1 aromatic rings. The number of hydrogen-bond acceptors (Lipinski definition) is 2. The van der Waals surface area contributed by atoms with E-state index in [2.05, 4.69) is 5.32 Å². The summed E-state index contributed by atoms with van der Waals surface area (Å²) in [4.78, 5) is 13.1. The summed E-state index contributed by atoms with van der Waals surface area (Å²) < 4.78 is 13.6. The van der Waals surface area contributed by atoms with Crippen LogP contribution < -0.4 is 10.2 Å². The molecule has 0 bridgehead atoms. The number of nitrogens with zero attached hydrogens (tertiary/aromatic N) is 1. The van der Waals surface area contributed by atoms with E-state index in [0.29, 0.717) is 17.6 Å². The Kier molecular flexibility index (Phi) is 2.92. The predicted octanol–water partition coefficient (Wildman–Crippen LogP) is 3.29. The average molecular weight is 290 g/mol. The van der Waals surface area contributed by atoms with Gasteiger partial charge in [-0.2, -0.15) is 0 Å². The molecular formula is C16H19FN2O2. The van der Waals surface area contributed by atoms with E-state index in [4.69, 9.17) is 0 Å². The highest BCUT2D eigenvalue weighted by Crippen LogP contribution is 2.48. The highest BCUT2D eigenvalue weighted by atomic mass is 19.1. The van der Waals surface area contributed by atoms with E-state index < -0.39 is 6.09 Å². The molecule has 3 aliphatic rings. The minimum atomic E-state index is -0.969. The lowest BCUT2D eigenvalue weighted by Crippen LogP contribution is -2.50. The lowest BCUT2D eigenvalue weighted by atomic mass is 9.83. The van der Waals surface area contributed by atoms with E-state index in [0.717, 1.165) is 24.8 Å². The van der Waals surface area contributed by atoms with Gasteiger partial charge >= 0.3 is 6.09 Å². The highest BCUT2D eigenvalue weighted by molar-refractivity contribution is 5.89. The summed E-state index contributed by atoms with van der Waals surface area (Å²) in [5.74, 6) is -0.0683. The second-order valence-electron chi connectivity index (χ2n) is 6.44. The Hall–Kier alpha value is -1.62. The number of benzene rings is 1. The number of carboxylic acid groups (broad SMARTS) is 1. The molecule has 1 aromatic carbocycles. The van der Waals surface area contributed by atoms with Crippen LogP contribution in [0.1, 0.15) is 43.7 Å². The van der Waals surface area contributed by atoms with Crippen molar-refractivity contribution >= 4 is 11.8 Å². The maximum Gasteiger partial charge on any atom is 0.412 e. The van der Waals surface area contributed by atoms with Crippen LogP contribution in [-0.4, -0.2) is 23.3 Å². The number of hydrogen-bond donors (Lipinski definition) is 2. The molecule has 21 heavy (non-hydrogen) atoms. The van der Waals surface area contributed by atoms with Crippen LogP contribution >= 0.6 is 0 Å². The Morgan fingerprint density at radius 1 is 1.29 bits per heavy atom. The number of anilines is 1. The van der Waals surface area contributed by atoms with Crippen molar-refractivity contribution in [2.45, 2.75) is 50.2 Å². The molecule has 4 rings (SSSR count). The molecule has 0 radical (unpaired) electrons. The van der Waals surface area contributed by atoms with Gasteiger partial charge in [-0.1, -0.05) is 12.5 Å². The molecule has 0 spiro atoms. The van der Waals surface area contributed by atoms with Gasteiger partial charge in [0.2, 0.25) is 0 Å². The van der Waals surface area contributed by atoms with Crippen molar-refractivity contribution in [1.29, 1.82) is 0 Å². The van der Waals surface area contributed by atoms with Gasteiger partial charge in [0.05, 0.1) is 5.69 Å². The summed E-state index contributed by atoms with van der Waals surface area (Å²) in [5.41, 5.74) is 1.47. The van der Waals surface area contributed by atoms with Crippen molar-refractivity contribution in [3.63, 3.8) is 0 Å². The van der Waals surface area contributed by atoms with Crippen LogP contribution in [0.5, 0.6) is 0 Å². The predicted molar refractivity (Wildman–Crippen MR) is 76.9 cm³/mol. The fraction of sp³-hybridized carbons (Fsp3) is 0.562. The van der Waals surface area contributed by atoms with Gasteiger partial charge in [-0.05, 0) is 49.3 Å². The molecule has 0 saturated heterocycles. The van der Waals surface area contributed by atoms with Gasteiger partial charge in [-0.15, -0.1) is 0 Å². The number of halogens is 1. The SMILES string of the molecule is O=C(O)N1c2cc(F)ccc2C(NC2CC2)[C@H]2CCC[C@H]21. The first-order chi connectivity index (χ1) is 10.1. The highest BCUT2D eigenvalue weighted by Gasteiger charge is 2.47.